The SMILES string of the molecule is CC1CCN(C(=O)CN2C(=O)S/C(=C/c3ccc(-c4ccccc4C#N)o3)C2=O)CC1. The minimum atomic E-state index is -0.496. The number of rotatable bonds is 4. The standard InChI is InChI=1S/C23H21N3O4S/c1-15-8-10-25(11-9-15)21(27)14-26-22(28)20(31-23(26)29)12-17-6-7-19(30-17)18-5-3-2-4-16(18)13-24/h2-7,12,15H,8-11,14H2,1H3/b20-12+. The maximum absolute atomic E-state index is 12.7. The van der Waals surface area contributed by atoms with E-state index >= 15 is 0 Å². The first-order valence-corrected chi connectivity index (χ1v) is 10.9. The normalized spacial score (nSPS) is 18.6. The number of carbonyl (C=O) groups is 3. The molecule has 0 atom stereocenters. The molecule has 8 heteroatoms. The zero-order chi connectivity index (χ0) is 22.0. The molecule has 3 heterocycles. The molecule has 2 aliphatic rings. The van der Waals surface area contributed by atoms with E-state index in [1.165, 1.54) is 6.08 Å². The topological polar surface area (TPSA) is 94.6 Å². The van der Waals surface area contributed by atoms with Crippen LogP contribution in [0.15, 0.2) is 45.7 Å². The number of thioether (sulfide) groups is 1. The quantitative estimate of drug-likeness (QED) is 0.671. The molecular weight excluding hydrogens is 414 g/mol. The molecule has 2 fully saturated rings. The lowest BCUT2D eigenvalue weighted by Crippen LogP contribution is -2.45. The van der Waals surface area contributed by atoms with Crippen LogP contribution in [0.4, 0.5) is 4.79 Å². The first-order valence-electron chi connectivity index (χ1n) is 10.1. The average molecular weight is 436 g/mol. The summed E-state index contributed by atoms with van der Waals surface area (Å²) in [5.41, 5.74) is 1.13. The zero-order valence-corrected chi connectivity index (χ0v) is 17.9. The molecule has 0 saturated carbocycles. The number of amides is 3. The Morgan fingerprint density at radius 2 is 1.97 bits per heavy atom. The zero-order valence-electron chi connectivity index (χ0n) is 17.0. The van der Waals surface area contributed by atoms with E-state index in [-0.39, 0.29) is 17.4 Å². The summed E-state index contributed by atoms with van der Waals surface area (Å²) in [5.74, 6) is 0.775. The summed E-state index contributed by atoms with van der Waals surface area (Å²) in [6.07, 6.45) is 3.36. The number of furan rings is 1. The van der Waals surface area contributed by atoms with Crippen molar-refractivity contribution in [2.24, 2.45) is 5.92 Å². The van der Waals surface area contributed by atoms with Crippen molar-refractivity contribution in [1.82, 2.24) is 9.80 Å². The van der Waals surface area contributed by atoms with Crippen LogP contribution in [0.1, 0.15) is 31.1 Å². The number of imide groups is 1. The Balaban J connectivity index is 1.47. The van der Waals surface area contributed by atoms with Gasteiger partial charge in [-0.3, -0.25) is 19.3 Å². The number of carbonyl (C=O) groups excluding carboxylic acids is 3. The van der Waals surface area contributed by atoms with Gasteiger partial charge in [0.25, 0.3) is 11.1 Å². The molecule has 0 aliphatic carbocycles. The van der Waals surface area contributed by atoms with Crippen molar-refractivity contribution in [2.75, 3.05) is 19.6 Å². The van der Waals surface area contributed by atoms with E-state index in [1.54, 1.807) is 35.2 Å². The van der Waals surface area contributed by atoms with Gasteiger partial charge in [0.05, 0.1) is 16.5 Å². The lowest BCUT2D eigenvalue weighted by atomic mass is 9.99. The molecule has 31 heavy (non-hydrogen) atoms. The largest absolute Gasteiger partial charge is 0.457 e. The third-order valence-corrected chi connectivity index (χ3v) is 6.42. The van der Waals surface area contributed by atoms with E-state index in [1.807, 2.05) is 6.07 Å². The molecule has 158 valence electrons. The van der Waals surface area contributed by atoms with Gasteiger partial charge in [-0.25, -0.2) is 0 Å². The highest BCUT2D eigenvalue weighted by atomic mass is 32.2. The fourth-order valence-electron chi connectivity index (χ4n) is 3.63. The molecule has 7 nitrogen and oxygen atoms in total. The Bertz CT molecular complexity index is 1110. The van der Waals surface area contributed by atoms with Gasteiger partial charge in [-0.15, -0.1) is 0 Å². The second kappa shape index (κ2) is 8.82. The van der Waals surface area contributed by atoms with Crippen molar-refractivity contribution in [1.29, 1.82) is 5.26 Å². The number of nitriles is 1. The second-order valence-corrected chi connectivity index (χ2v) is 8.68. The van der Waals surface area contributed by atoms with Crippen LogP contribution >= 0.6 is 11.8 Å². The van der Waals surface area contributed by atoms with Gasteiger partial charge >= 0.3 is 0 Å². The van der Waals surface area contributed by atoms with E-state index < -0.39 is 11.1 Å². The molecule has 0 N–H and O–H groups in total. The number of likely N-dealkylation sites (tertiary alicyclic amines) is 1. The van der Waals surface area contributed by atoms with Crippen molar-refractivity contribution in [3.8, 4) is 17.4 Å². The summed E-state index contributed by atoms with van der Waals surface area (Å²) >= 11 is 0.794. The van der Waals surface area contributed by atoms with Gasteiger partial charge in [0.15, 0.2) is 0 Å². The van der Waals surface area contributed by atoms with Gasteiger partial charge in [0.2, 0.25) is 5.91 Å². The van der Waals surface area contributed by atoms with Crippen LogP contribution in [0, 0.1) is 17.2 Å². The number of piperidine rings is 1. The smallest absolute Gasteiger partial charge is 0.294 e. The van der Waals surface area contributed by atoms with Crippen LogP contribution < -0.4 is 0 Å². The lowest BCUT2D eigenvalue weighted by Gasteiger charge is -2.31. The molecular formula is C23H21N3O4S. The van der Waals surface area contributed by atoms with Gasteiger partial charge in [-0.05, 0) is 54.8 Å². The van der Waals surface area contributed by atoms with E-state index in [2.05, 4.69) is 13.0 Å². The highest BCUT2D eigenvalue weighted by molar-refractivity contribution is 8.18. The number of hydrogen-bond acceptors (Lipinski definition) is 6. The summed E-state index contributed by atoms with van der Waals surface area (Å²) in [7, 11) is 0. The van der Waals surface area contributed by atoms with Crippen molar-refractivity contribution in [3.05, 3.63) is 52.6 Å². The predicted octanol–water partition coefficient (Wildman–Crippen LogP) is 4.11. The molecule has 1 aromatic heterocycles. The Hall–Kier alpha value is -3.31. The van der Waals surface area contributed by atoms with Crippen molar-refractivity contribution in [2.45, 2.75) is 19.8 Å². The molecule has 2 aliphatic heterocycles. The Morgan fingerprint density at radius 3 is 2.71 bits per heavy atom. The predicted molar refractivity (Wildman–Crippen MR) is 117 cm³/mol. The van der Waals surface area contributed by atoms with E-state index in [0.29, 0.717) is 41.7 Å². The summed E-state index contributed by atoms with van der Waals surface area (Å²) < 4.78 is 5.78. The molecule has 2 saturated heterocycles. The van der Waals surface area contributed by atoms with E-state index in [4.69, 9.17) is 4.42 Å². The number of nitrogens with zero attached hydrogens (tertiary/aromatic N) is 3. The molecule has 3 amide bonds. The van der Waals surface area contributed by atoms with Gasteiger partial charge in [0, 0.05) is 24.7 Å². The van der Waals surface area contributed by atoms with Crippen molar-refractivity contribution >= 4 is 34.9 Å². The molecule has 0 unspecified atom stereocenters. The third-order valence-electron chi connectivity index (χ3n) is 5.52. The first-order chi connectivity index (χ1) is 15.0. The highest BCUT2D eigenvalue weighted by Crippen LogP contribution is 2.34. The summed E-state index contributed by atoms with van der Waals surface area (Å²) in [5, 5.41) is 8.80. The third kappa shape index (κ3) is 4.42. The Morgan fingerprint density at radius 1 is 1.23 bits per heavy atom. The molecule has 0 radical (unpaired) electrons. The fourth-order valence-corrected chi connectivity index (χ4v) is 4.45. The molecule has 0 bridgehead atoms. The summed E-state index contributed by atoms with van der Waals surface area (Å²) in [4.78, 5) is 40.5. The van der Waals surface area contributed by atoms with Crippen LogP contribution in [-0.4, -0.2) is 46.5 Å². The fraction of sp³-hybridized carbons (Fsp3) is 0.304. The number of hydrogen-bond donors (Lipinski definition) is 0. The molecule has 0 spiro atoms. The van der Waals surface area contributed by atoms with E-state index in [9.17, 15) is 19.6 Å². The summed E-state index contributed by atoms with van der Waals surface area (Å²) in [6, 6.07) is 12.6. The van der Waals surface area contributed by atoms with Gasteiger partial charge in [-0.1, -0.05) is 19.1 Å². The van der Waals surface area contributed by atoms with Crippen molar-refractivity contribution in [3.63, 3.8) is 0 Å². The van der Waals surface area contributed by atoms with Crippen LogP contribution in [0.3, 0.4) is 0 Å². The minimum Gasteiger partial charge on any atom is -0.457 e. The first kappa shape index (κ1) is 20.9. The number of benzene rings is 1. The van der Waals surface area contributed by atoms with Crippen LogP contribution in [0.25, 0.3) is 17.4 Å². The van der Waals surface area contributed by atoms with Crippen LogP contribution in [0.5, 0.6) is 0 Å². The van der Waals surface area contributed by atoms with E-state index in [0.717, 1.165) is 29.5 Å². The molecule has 1 aromatic carbocycles. The van der Waals surface area contributed by atoms with Crippen LogP contribution in [0.2, 0.25) is 0 Å². The molecule has 4 rings (SSSR count). The average Bonchev–Trinajstić information content (AvgIpc) is 3.34. The highest BCUT2D eigenvalue weighted by Gasteiger charge is 2.37. The van der Waals surface area contributed by atoms with Gasteiger partial charge in [-0.2, -0.15) is 5.26 Å². The Labute approximate surface area is 184 Å². The Kier molecular flexibility index (Phi) is 5.96. The minimum absolute atomic E-state index is 0.205. The molecule has 2 aromatic rings. The van der Waals surface area contributed by atoms with Gasteiger partial charge in [0.1, 0.15) is 18.1 Å². The van der Waals surface area contributed by atoms with Crippen LogP contribution in [-0.2, 0) is 9.59 Å². The maximum atomic E-state index is 12.7. The van der Waals surface area contributed by atoms with Crippen molar-refractivity contribution < 1.29 is 18.8 Å². The monoisotopic (exact) mass is 435 g/mol. The summed E-state index contributed by atoms with van der Waals surface area (Å²) in [6.45, 7) is 3.23. The lowest BCUT2D eigenvalue weighted by molar-refractivity contribution is -0.136. The second-order valence-electron chi connectivity index (χ2n) is 7.69. The maximum Gasteiger partial charge on any atom is 0.294 e. The van der Waals surface area contributed by atoms with Gasteiger partial charge < -0.3 is 9.32 Å².